The minimum atomic E-state index is -0.473. The van der Waals surface area contributed by atoms with Crippen LogP contribution in [0.25, 0.3) is 0 Å². The number of amides is 2. The molecule has 2 rings (SSSR count). The number of rotatable bonds is 7. The molecule has 0 fully saturated rings. The first-order chi connectivity index (χ1) is 11.5. The number of ether oxygens (including phenoxy) is 2. The van der Waals surface area contributed by atoms with E-state index in [1.165, 1.54) is 0 Å². The van der Waals surface area contributed by atoms with Crippen LogP contribution < -0.4 is 20.5 Å². The third-order valence-electron chi connectivity index (χ3n) is 3.54. The fourth-order valence-corrected chi connectivity index (χ4v) is 2.23. The smallest absolute Gasteiger partial charge is 0.248 e. The molecule has 6 nitrogen and oxygen atoms in total. The lowest BCUT2D eigenvalue weighted by Crippen LogP contribution is -2.24. The molecule has 0 saturated carbocycles. The maximum absolute atomic E-state index is 12.1. The van der Waals surface area contributed by atoms with Crippen LogP contribution in [0.2, 0.25) is 0 Å². The van der Waals surface area contributed by atoms with Gasteiger partial charge in [0.15, 0.2) is 11.5 Å². The average molecular weight is 328 g/mol. The van der Waals surface area contributed by atoms with Crippen molar-refractivity contribution in [3.8, 4) is 11.5 Å². The third-order valence-corrected chi connectivity index (χ3v) is 3.54. The van der Waals surface area contributed by atoms with Crippen LogP contribution in [-0.4, -0.2) is 26.0 Å². The quantitative estimate of drug-likeness (QED) is 0.809. The number of nitrogens with one attached hydrogen (secondary N) is 1. The van der Waals surface area contributed by atoms with E-state index in [2.05, 4.69) is 5.32 Å². The van der Waals surface area contributed by atoms with Crippen LogP contribution in [0, 0.1) is 0 Å². The van der Waals surface area contributed by atoms with Crippen LogP contribution in [0.4, 0.5) is 0 Å². The summed E-state index contributed by atoms with van der Waals surface area (Å²) in [4.78, 5) is 23.1. The molecule has 2 amide bonds. The molecule has 0 heterocycles. The van der Waals surface area contributed by atoms with Gasteiger partial charge in [-0.1, -0.05) is 18.2 Å². The second kappa shape index (κ2) is 8.01. The first-order valence-electron chi connectivity index (χ1n) is 7.40. The lowest BCUT2D eigenvalue weighted by molar-refractivity contribution is -0.120. The number of primary amides is 1. The zero-order valence-corrected chi connectivity index (χ0v) is 13.7. The van der Waals surface area contributed by atoms with Crippen molar-refractivity contribution in [1.29, 1.82) is 0 Å². The molecule has 126 valence electrons. The Labute approximate surface area is 140 Å². The highest BCUT2D eigenvalue weighted by Gasteiger charge is 2.08. The Kier molecular flexibility index (Phi) is 5.78. The summed E-state index contributed by atoms with van der Waals surface area (Å²) < 4.78 is 10.4. The van der Waals surface area contributed by atoms with E-state index in [0.29, 0.717) is 23.6 Å². The van der Waals surface area contributed by atoms with Crippen LogP contribution in [-0.2, 0) is 17.8 Å². The number of carbonyl (C=O) groups excluding carboxylic acids is 2. The van der Waals surface area contributed by atoms with Gasteiger partial charge in [-0.2, -0.15) is 0 Å². The molecule has 0 spiro atoms. The predicted octanol–water partition coefficient (Wildman–Crippen LogP) is 1.66. The first-order valence-corrected chi connectivity index (χ1v) is 7.40. The predicted molar refractivity (Wildman–Crippen MR) is 90.1 cm³/mol. The molecule has 0 aliphatic heterocycles. The standard InChI is InChI=1S/C18H20N2O4/c1-23-15-8-5-13(9-16(15)24-2)10-17(21)20-11-12-3-6-14(7-4-12)18(19)22/h3-9H,10-11H2,1-2H3,(H2,19,22)(H,20,21). The first kappa shape index (κ1) is 17.3. The zero-order chi connectivity index (χ0) is 17.5. The minimum absolute atomic E-state index is 0.110. The molecule has 0 aliphatic rings. The van der Waals surface area contributed by atoms with Gasteiger partial charge in [-0.3, -0.25) is 9.59 Å². The van der Waals surface area contributed by atoms with Crippen molar-refractivity contribution in [3.63, 3.8) is 0 Å². The van der Waals surface area contributed by atoms with Crippen molar-refractivity contribution in [2.75, 3.05) is 14.2 Å². The highest BCUT2D eigenvalue weighted by Crippen LogP contribution is 2.27. The van der Waals surface area contributed by atoms with Gasteiger partial charge >= 0.3 is 0 Å². The van der Waals surface area contributed by atoms with Gasteiger partial charge in [0.1, 0.15) is 0 Å². The zero-order valence-electron chi connectivity index (χ0n) is 13.7. The van der Waals surface area contributed by atoms with E-state index in [1.807, 2.05) is 6.07 Å². The number of nitrogens with two attached hydrogens (primary N) is 1. The lowest BCUT2D eigenvalue weighted by Gasteiger charge is -2.10. The molecule has 2 aromatic rings. The second-order valence-electron chi connectivity index (χ2n) is 5.20. The molecule has 0 bridgehead atoms. The summed E-state index contributed by atoms with van der Waals surface area (Å²) in [7, 11) is 3.12. The Hall–Kier alpha value is -3.02. The van der Waals surface area contributed by atoms with Crippen molar-refractivity contribution in [1.82, 2.24) is 5.32 Å². The monoisotopic (exact) mass is 328 g/mol. The summed E-state index contributed by atoms with van der Waals surface area (Å²) in [6, 6.07) is 12.2. The summed E-state index contributed by atoms with van der Waals surface area (Å²) in [6.45, 7) is 0.380. The van der Waals surface area contributed by atoms with Crippen molar-refractivity contribution in [2.24, 2.45) is 5.73 Å². The molecule has 0 aliphatic carbocycles. The van der Waals surface area contributed by atoms with Crippen LogP contribution in [0.15, 0.2) is 42.5 Å². The number of hydrogen-bond donors (Lipinski definition) is 2. The maximum Gasteiger partial charge on any atom is 0.248 e. The minimum Gasteiger partial charge on any atom is -0.493 e. The third kappa shape index (κ3) is 4.49. The van der Waals surface area contributed by atoms with Crippen LogP contribution in [0.1, 0.15) is 21.5 Å². The molecule has 0 radical (unpaired) electrons. The fourth-order valence-electron chi connectivity index (χ4n) is 2.23. The topological polar surface area (TPSA) is 90.6 Å². The molecular formula is C18H20N2O4. The second-order valence-corrected chi connectivity index (χ2v) is 5.20. The summed E-state index contributed by atoms with van der Waals surface area (Å²) in [6.07, 6.45) is 0.236. The largest absolute Gasteiger partial charge is 0.493 e. The van der Waals surface area contributed by atoms with Crippen LogP contribution >= 0.6 is 0 Å². The van der Waals surface area contributed by atoms with Gasteiger partial charge in [0.25, 0.3) is 0 Å². The Morgan fingerprint density at radius 3 is 2.17 bits per heavy atom. The molecule has 0 unspecified atom stereocenters. The van der Waals surface area contributed by atoms with Gasteiger partial charge in [-0.15, -0.1) is 0 Å². The van der Waals surface area contributed by atoms with E-state index in [0.717, 1.165) is 11.1 Å². The van der Waals surface area contributed by atoms with Crippen molar-refractivity contribution in [2.45, 2.75) is 13.0 Å². The highest BCUT2D eigenvalue weighted by molar-refractivity contribution is 5.92. The summed E-state index contributed by atoms with van der Waals surface area (Å²) in [5.74, 6) is 0.626. The normalized spacial score (nSPS) is 10.1. The molecule has 0 atom stereocenters. The fraction of sp³-hybridized carbons (Fsp3) is 0.222. The molecule has 0 saturated heterocycles. The molecular weight excluding hydrogens is 308 g/mol. The summed E-state index contributed by atoms with van der Waals surface area (Å²) in [5, 5.41) is 2.84. The van der Waals surface area contributed by atoms with Gasteiger partial charge in [0, 0.05) is 12.1 Å². The summed E-state index contributed by atoms with van der Waals surface area (Å²) >= 11 is 0. The molecule has 0 aromatic heterocycles. The van der Waals surface area contributed by atoms with Gasteiger partial charge in [0.2, 0.25) is 11.8 Å². The SMILES string of the molecule is COc1ccc(CC(=O)NCc2ccc(C(N)=O)cc2)cc1OC. The van der Waals surface area contributed by atoms with E-state index in [4.69, 9.17) is 15.2 Å². The highest BCUT2D eigenvalue weighted by atomic mass is 16.5. The molecule has 2 aromatic carbocycles. The lowest BCUT2D eigenvalue weighted by atomic mass is 10.1. The summed E-state index contributed by atoms with van der Waals surface area (Å²) in [5.41, 5.74) is 7.35. The molecule has 6 heteroatoms. The Balaban J connectivity index is 1.92. The number of hydrogen-bond acceptors (Lipinski definition) is 4. The van der Waals surface area contributed by atoms with Gasteiger partial charge in [-0.05, 0) is 35.4 Å². The van der Waals surface area contributed by atoms with E-state index in [1.54, 1.807) is 50.6 Å². The number of carbonyl (C=O) groups is 2. The van der Waals surface area contributed by atoms with Crippen LogP contribution in [0.5, 0.6) is 11.5 Å². The van der Waals surface area contributed by atoms with E-state index in [9.17, 15) is 9.59 Å². The maximum atomic E-state index is 12.1. The van der Waals surface area contributed by atoms with E-state index in [-0.39, 0.29) is 12.3 Å². The van der Waals surface area contributed by atoms with Crippen molar-refractivity contribution >= 4 is 11.8 Å². The number of methoxy groups -OCH3 is 2. The number of benzene rings is 2. The van der Waals surface area contributed by atoms with Crippen molar-refractivity contribution in [3.05, 3.63) is 59.2 Å². The van der Waals surface area contributed by atoms with Crippen molar-refractivity contribution < 1.29 is 19.1 Å². The van der Waals surface area contributed by atoms with Gasteiger partial charge in [0.05, 0.1) is 20.6 Å². The Bertz CT molecular complexity index is 726. The molecule has 24 heavy (non-hydrogen) atoms. The van der Waals surface area contributed by atoms with E-state index >= 15 is 0 Å². The van der Waals surface area contributed by atoms with Gasteiger partial charge in [-0.25, -0.2) is 0 Å². The average Bonchev–Trinajstić information content (AvgIpc) is 2.60. The Morgan fingerprint density at radius 1 is 0.958 bits per heavy atom. The van der Waals surface area contributed by atoms with Gasteiger partial charge < -0.3 is 20.5 Å². The molecule has 3 N–H and O–H groups in total. The van der Waals surface area contributed by atoms with E-state index < -0.39 is 5.91 Å². The van der Waals surface area contributed by atoms with Crippen LogP contribution in [0.3, 0.4) is 0 Å². The Morgan fingerprint density at radius 2 is 1.58 bits per heavy atom.